The average Bonchev–Trinajstić information content (AvgIpc) is 2.98. The molecule has 0 aliphatic carbocycles. The van der Waals surface area contributed by atoms with Crippen molar-refractivity contribution in [2.45, 2.75) is 0 Å². The molecule has 7 nitrogen and oxygen atoms in total. The third-order valence-electron chi connectivity index (χ3n) is 2.62. The Labute approximate surface area is 109 Å². The molecule has 2 aromatic heterocycles. The molecule has 0 unspecified atom stereocenters. The van der Waals surface area contributed by atoms with E-state index in [0.29, 0.717) is 11.4 Å². The Morgan fingerprint density at radius 3 is 2.63 bits per heavy atom. The fourth-order valence-electron chi connectivity index (χ4n) is 1.73. The second-order valence-electron chi connectivity index (χ2n) is 3.68. The van der Waals surface area contributed by atoms with Crippen molar-refractivity contribution in [1.82, 2.24) is 15.4 Å². The van der Waals surface area contributed by atoms with Gasteiger partial charge in [-0.1, -0.05) is 0 Å². The second-order valence-corrected chi connectivity index (χ2v) is 3.68. The Morgan fingerprint density at radius 1 is 1.37 bits per heavy atom. The number of nitrogens with one attached hydrogen (secondary N) is 2. The molecular formula is C12H14N4O3. The van der Waals surface area contributed by atoms with Crippen LogP contribution in [-0.2, 0) is 0 Å². The minimum Gasteiger partial charge on any atom is -0.480 e. The molecule has 0 atom stereocenters. The quantitative estimate of drug-likeness (QED) is 0.427. The first-order valence-electron chi connectivity index (χ1n) is 5.48. The number of nitrogens with zero attached hydrogens (tertiary/aromatic N) is 1. The summed E-state index contributed by atoms with van der Waals surface area (Å²) < 4.78 is 10.3. The Morgan fingerprint density at radius 2 is 2.11 bits per heavy atom. The number of pyridine rings is 1. The maximum atomic E-state index is 11.7. The van der Waals surface area contributed by atoms with Gasteiger partial charge in [-0.15, -0.1) is 0 Å². The topological polar surface area (TPSA) is 102 Å². The monoisotopic (exact) mass is 262 g/mol. The summed E-state index contributed by atoms with van der Waals surface area (Å²) in [5.41, 5.74) is 3.81. The molecule has 0 spiro atoms. The van der Waals surface area contributed by atoms with Crippen LogP contribution in [-0.4, -0.2) is 30.1 Å². The minimum absolute atomic E-state index is 0.152. The van der Waals surface area contributed by atoms with E-state index in [1.54, 1.807) is 18.5 Å². The van der Waals surface area contributed by atoms with Gasteiger partial charge in [0.25, 0.3) is 5.91 Å². The number of carbonyl (C=O) groups excluding carboxylic acids is 1. The SMILES string of the molecule is COc1nc(OC)c(-c2cc[nH]c2)cc1C(=O)NN. The van der Waals surface area contributed by atoms with Crippen molar-refractivity contribution in [3.63, 3.8) is 0 Å². The van der Waals surface area contributed by atoms with E-state index in [2.05, 4.69) is 15.4 Å². The van der Waals surface area contributed by atoms with Crippen molar-refractivity contribution in [1.29, 1.82) is 0 Å². The predicted octanol–water partition coefficient (Wildman–Crippen LogP) is 0.697. The molecule has 7 heteroatoms. The summed E-state index contributed by atoms with van der Waals surface area (Å²) in [7, 11) is 2.92. The Balaban J connectivity index is 2.62. The number of methoxy groups -OCH3 is 2. The molecule has 0 radical (unpaired) electrons. The highest BCUT2D eigenvalue weighted by atomic mass is 16.5. The van der Waals surface area contributed by atoms with Gasteiger partial charge in [0.15, 0.2) is 0 Å². The smallest absolute Gasteiger partial charge is 0.270 e. The summed E-state index contributed by atoms with van der Waals surface area (Å²) >= 11 is 0. The van der Waals surface area contributed by atoms with Gasteiger partial charge in [-0.05, 0) is 12.1 Å². The summed E-state index contributed by atoms with van der Waals surface area (Å²) in [5.74, 6) is 5.18. The number of nitrogens with two attached hydrogens (primary N) is 1. The van der Waals surface area contributed by atoms with E-state index in [0.717, 1.165) is 5.56 Å². The van der Waals surface area contributed by atoms with Crippen LogP contribution in [0.2, 0.25) is 0 Å². The maximum absolute atomic E-state index is 11.7. The second kappa shape index (κ2) is 5.40. The predicted molar refractivity (Wildman–Crippen MR) is 68.8 cm³/mol. The normalized spacial score (nSPS) is 10.1. The number of aromatic amines is 1. The molecule has 1 amide bonds. The summed E-state index contributed by atoms with van der Waals surface area (Å²) in [5, 5.41) is 0. The van der Waals surface area contributed by atoms with Crippen molar-refractivity contribution in [2.75, 3.05) is 14.2 Å². The highest BCUT2D eigenvalue weighted by Crippen LogP contribution is 2.32. The number of aromatic nitrogens is 2. The van der Waals surface area contributed by atoms with Gasteiger partial charge < -0.3 is 14.5 Å². The highest BCUT2D eigenvalue weighted by molar-refractivity contribution is 5.97. The highest BCUT2D eigenvalue weighted by Gasteiger charge is 2.19. The number of amides is 1. The molecule has 0 aromatic carbocycles. The zero-order chi connectivity index (χ0) is 13.8. The van der Waals surface area contributed by atoms with Crippen LogP contribution in [0.5, 0.6) is 11.8 Å². The van der Waals surface area contributed by atoms with Crippen LogP contribution < -0.4 is 20.7 Å². The van der Waals surface area contributed by atoms with Gasteiger partial charge in [0, 0.05) is 23.5 Å². The number of hydrogen-bond acceptors (Lipinski definition) is 5. The Hall–Kier alpha value is -2.54. The fourth-order valence-corrected chi connectivity index (χ4v) is 1.73. The van der Waals surface area contributed by atoms with E-state index in [-0.39, 0.29) is 11.4 Å². The number of carbonyl (C=O) groups is 1. The molecular weight excluding hydrogens is 248 g/mol. The first kappa shape index (κ1) is 12.9. The van der Waals surface area contributed by atoms with Gasteiger partial charge in [-0.2, -0.15) is 4.98 Å². The van der Waals surface area contributed by atoms with E-state index in [1.165, 1.54) is 14.2 Å². The van der Waals surface area contributed by atoms with Gasteiger partial charge in [0.05, 0.1) is 14.2 Å². The molecule has 2 aromatic rings. The molecule has 0 aliphatic heterocycles. The molecule has 0 fully saturated rings. The van der Waals surface area contributed by atoms with Crippen LogP contribution in [0, 0.1) is 0 Å². The fraction of sp³-hybridized carbons (Fsp3) is 0.167. The van der Waals surface area contributed by atoms with Crippen molar-refractivity contribution >= 4 is 5.91 Å². The van der Waals surface area contributed by atoms with Crippen LogP contribution in [0.3, 0.4) is 0 Å². The van der Waals surface area contributed by atoms with E-state index >= 15 is 0 Å². The Kier molecular flexibility index (Phi) is 3.67. The molecule has 0 saturated heterocycles. The van der Waals surface area contributed by atoms with E-state index in [1.807, 2.05) is 6.07 Å². The van der Waals surface area contributed by atoms with Gasteiger partial charge >= 0.3 is 0 Å². The maximum Gasteiger partial charge on any atom is 0.270 e. The number of hydrazine groups is 1. The number of rotatable bonds is 4. The van der Waals surface area contributed by atoms with Crippen LogP contribution in [0.4, 0.5) is 0 Å². The zero-order valence-corrected chi connectivity index (χ0v) is 10.6. The standard InChI is InChI=1S/C12H14N4O3/c1-18-11-8(7-3-4-14-6-7)5-9(10(17)16-13)12(15-11)19-2/h3-6,14H,13H2,1-2H3,(H,16,17). The largest absolute Gasteiger partial charge is 0.480 e. The molecule has 100 valence electrons. The number of ether oxygens (including phenoxy) is 2. The first-order valence-corrected chi connectivity index (χ1v) is 5.48. The summed E-state index contributed by atoms with van der Waals surface area (Å²) in [6.45, 7) is 0. The lowest BCUT2D eigenvalue weighted by Crippen LogP contribution is -2.30. The van der Waals surface area contributed by atoms with Gasteiger partial charge in [0.1, 0.15) is 5.56 Å². The lowest BCUT2D eigenvalue weighted by atomic mass is 10.1. The first-order chi connectivity index (χ1) is 9.21. The van der Waals surface area contributed by atoms with Crippen LogP contribution >= 0.6 is 0 Å². The van der Waals surface area contributed by atoms with Crippen LogP contribution in [0.15, 0.2) is 24.5 Å². The van der Waals surface area contributed by atoms with Gasteiger partial charge in [0.2, 0.25) is 11.8 Å². The molecule has 0 aliphatic rings. The van der Waals surface area contributed by atoms with Crippen molar-refractivity contribution in [3.8, 4) is 22.9 Å². The van der Waals surface area contributed by atoms with Crippen LogP contribution in [0.1, 0.15) is 10.4 Å². The third-order valence-corrected chi connectivity index (χ3v) is 2.62. The van der Waals surface area contributed by atoms with Crippen LogP contribution in [0.25, 0.3) is 11.1 Å². The molecule has 0 bridgehead atoms. The van der Waals surface area contributed by atoms with Gasteiger partial charge in [-0.25, -0.2) is 5.84 Å². The average molecular weight is 262 g/mol. The number of H-pyrrole nitrogens is 1. The van der Waals surface area contributed by atoms with Crippen molar-refractivity contribution < 1.29 is 14.3 Å². The summed E-state index contributed by atoms with van der Waals surface area (Å²) in [4.78, 5) is 18.8. The van der Waals surface area contributed by atoms with E-state index < -0.39 is 5.91 Å². The van der Waals surface area contributed by atoms with Crippen molar-refractivity contribution in [2.24, 2.45) is 5.84 Å². The lowest BCUT2D eigenvalue weighted by Gasteiger charge is -2.12. The molecule has 0 saturated carbocycles. The molecule has 2 heterocycles. The Bertz CT molecular complexity index is 581. The zero-order valence-electron chi connectivity index (χ0n) is 10.6. The molecule has 2 rings (SSSR count). The number of hydrogen-bond donors (Lipinski definition) is 3. The van der Waals surface area contributed by atoms with E-state index in [9.17, 15) is 4.79 Å². The van der Waals surface area contributed by atoms with Gasteiger partial charge in [-0.3, -0.25) is 10.2 Å². The van der Waals surface area contributed by atoms with E-state index in [4.69, 9.17) is 15.3 Å². The van der Waals surface area contributed by atoms with Crippen molar-refractivity contribution in [3.05, 3.63) is 30.1 Å². The molecule has 4 N–H and O–H groups in total. The third kappa shape index (κ3) is 2.36. The minimum atomic E-state index is -0.483. The summed E-state index contributed by atoms with van der Waals surface area (Å²) in [6.07, 6.45) is 3.54. The molecule has 19 heavy (non-hydrogen) atoms. The number of nitrogen functional groups attached to an aromatic ring is 1. The lowest BCUT2D eigenvalue weighted by molar-refractivity contribution is 0.0950. The summed E-state index contributed by atoms with van der Waals surface area (Å²) in [6, 6.07) is 3.46.